The summed E-state index contributed by atoms with van der Waals surface area (Å²) in [6, 6.07) is 15.0. The van der Waals surface area contributed by atoms with Gasteiger partial charge in [-0.3, -0.25) is 0 Å². The molecule has 0 radical (unpaired) electrons. The number of para-hydroxylation sites is 1. The van der Waals surface area contributed by atoms with Gasteiger partial charge in [-0.1, -0.05) is 24.3 Å². The van der Waals surface area contributed by atoms with E-state index in [9.17, 15) is 8.42 Å². The summed E-state index contributed by atoms with van der Waals surface area (Å²) >= 11 is 0. The van der Waals surface area contributed by atoms with Gasteiger partial charge < -0.3 is 9.47 Å². The van der Waals surface area contributed by atoms with Crippen LogP contribution in [0.4, 0.5) is 0 Å². The van der Waals surface area contributed by atoms with Gasteiger partial charge in [0.2, 0.25) is 10.0 Å². The van der Waals surface area contributed by atoms with Gasteiger partial charge >= 0.3 is 0 Å². The lowest BCUT2D eigenvalue weighted by Gasteiger charge is -2.10. The second-order valence-corrected chi connectivity index (χ2v) is 7.47. The summed E-state index contributed by atoms with van der Waals surface area (Å²) in [6.07, 6.45) is 0. The van der Waals surface area contributed by atoms with Crippen LogP contribution >= 0.6 is 0 Å². The van der Waals surface area contributed by atoms with E-state index in [2.05, 4.69) is 10.8 Å². The minimum Gasteiger partial charge on any atom is -0.492 e. The molecule has 0 bridgehead atoms. The molecule has 0 fully saturated rings. The van der Waals surface area contributed by atoms with Crippen LogP contribution in [0, 0.1) is 13.8 Å². The van der Waals surface area contributed by atoms with Gasteiger partial charge in [0, 0.05) is 6.54 Å². The van der Waals surface area contributed by atoms with E-state index in [0.29, 0.717) is 5.75 Å². The summed E-state index contributed by atoms with van der Waals surface area (Å²) in [4.78, 5) is 0. The standard InChI is InChI=1S/C18H23NO4S/c1-15-12-16(2)14-18(13-15)22-9-8-19-24(20,21)11-10-23-17-6-4-3-5-7-17/h3-7,12-14,19H,8-11H2,1-2H3. The molecule has 2 aromatic carbocycles. The van der Waals surface area contributed by atoms with Gasteiger partial charge in [0.25, 0.3) is 0 Å². The first-order valence-corrected chi connectivity index (χ1v) is 9.46. The van der Waals surface area contributed by atoms with Crippen molar-refractivity contribution in [2.45, 2.75) is 13.8 Å². The van der Waals surface area contributed by atoms with Crippen LogP contribution in [0.15, 0.2) is 48.5 Å². The van der Waals surface area contributed by atoms with Crippen LogP contribution in [-0.4, -0.2) is 33.9 Å². The molecule has 0 spiro atoms. The average molecular weight is 349 g/mol. The third kappa shape index (κ3) is 6.60. The van der Waals surface area contributed by atoms with Crippen molar-refractivity contribution in [1.82, 2.24) is 4.72 Å². The van der Waals surface area contributed by atoms with Crippen molar-refractivity contribution in [1.29, 1.82) is 0 Å². The van der Waals surface area contributed by atoms with Crippen molar-refractivity contribution in [2.75, 3.05) is 25.5 Å². The highest BCUT2D eigenvalue weighted by molar-refractivity contribution is 7.89. The summed E-state index contributed by atoms with van der Waals surface area (Å²) < 4.78 is 37.3. The van der Waals surface area contributed by atoms with Crippen molar-refractivity contribution in [3.8, 4) is 11.5 Å². The van der Waals surface area contributed by atoms with Crippen molar-refractivity contribution in [3.63, 3.8) is 0 Å². The maximum absolute atomic E-state index is 11.9. The molecular weight excluding hydrogens is 326 g/mol. The number of nitrogens with one attached hydrogen (secondary N) is 1. The monoisotopic (exact) mass is 349 g/mol. The molecule has 24 heavy (non-hydrogen) atoms. The molecule has 1 N–H and O–H groups in total. The summed E-state index contributed by atoms with van der Waals surface area (Å²) in [5, 5.41) is 0. The second kappa shape index (κ2) is 8.70. The van der Waals surface area contributed by atoms with E-state index in [1.54, 1.807) is 12.1 Å². The van der Waals surface area contributed by atoms with Crippen molar-refractivity contribution in [2.24, 2.45) is 0 Å². The maximum atomic E-state index is 11.9. The zero-order chi connectivity index (χ0) is 17.4. The maximum Gasteiger partial charge on any atom is 0.215 e. The minimum atomic E-state index is -3.38. The third-order valence-corrected chi connectivity index (χ3v) is 4.60. The van der Waals surface area contributed by atoms with Gasteiger partial charge in [0.1, 0.15) is 24.7 Å². The number of aryl methyl sites for hydroxylation is 2. The molecule has 0 heterocycles. The van der Waals surface area contributed by atoms with Gasteiger partial charge in [-0.05, 0) is 49.2 Å². The molecule has 2 rings (SSSR count). The lowest BCUT2D eigenvalue weighted by molar-refractivity contribution is 0.321. The first kappa shape index (κ1) is 18.3. The fraction of sp³-hybridized carbons (Fsp3) is 0.333. The van der Waals surface area contributed by atoms with E-state index in [4.69, 9.17) is 9.47 Å². The molecule has 0 aromatic heterocycles. The fourth-order valence-corrected chi connectivity index (χ4v) is 3.08. The first-order valence-electron chi connectivity index (χ1n) is 7.81. The summed E-state index contributed by atoms with van der Waals surface area (Å²) in [5.74, 6) is 1.32. The molecule has 6 heteroatoms. The van der Waals surface area contributed by atoms with Crippen LogP contribution in [0.5, 0.6) is 11.5 Å². The molecule has 0 saturated heterocycles. The predicted octanol–water partition coefficient (Wildman–Crippen LogP) is 2.68. The van der Waals surface area contributed by atoms with Crippen LogP contribution in [0.3, 0.4) is 0 Å². The third-order valence-electron chi connectivity index (χ3n) is 3.25. The SMILES string of the molecule is Cc1cc(C)cc(OCCNS(=O)(=O)CCOc2ccccc2)c1. The fourth-order valence-electron chi connectivity index (χ4n) is 2.24. The Hall–Kier alpha value is -2.05. The Bertz CT molecular complexity index is 725. The predicted molar refractivity (Wildman–Crippen MR) is 95.1 cm³/mol. The Balaban J connectivity index is 1.68. The zero-order valence-electron chi connectivity index (χ0n) is 14.0. The highest BCUT2D eigenvalue weighted by Crippen LogP contribution is 2.15. The molecule has 0 aliphatic carbocycles. The highest BCUT2D eigenvalue weighted by Gasteiger charge is 2.10. The first-order chi connectivity index (χ1) is 11.4. The quantitative estimate of drug-likeness (QED) is 0.707. The van der Waals surface area contributed by atoms with E-state index < -0.39 is 10.0 Å². The molecule has 0 amide bonds. The van der Waals surface area contributed by atoms with E-state index in [-0.39, 0.29) is 25.5 Å². The van der Waals surface area contributed by atoms with Gasteiger partial charge in [0.15, 0.2) is 0 Å². The zero-order valence-corrected chi connectivity index (χ0v) is 14.8. The van der Waals surface area contributed by atoms with E-state index >= 15 is 0 Å². The normalized spacial score (nSPS) is 11.2. The molecule has 0 unspecified atom stereocenters. The topological polar surface area (TPSA) is 64.6 Å². The Morgan fingerprint density at radius 2 is 1.50 bits per heavy atom. The number of ether oxygens (including phenoxy) is 2. The molecule has 0 saturated carbocycles. The van der Waals surface area contributed by atoms with Crippen LogP contribution in [0.1, 0.15) is 11.1 Å². The number of hydrogen-bond donors (Lipinski definition) is 1. The molecule has 5 nitrogen and oxygen atoms in total. The molecule has 0 aliphatic rings. The molecule has 2 aromatic rings. The van der Waals surface area contributed by atoms with Crippen molar-refractivity contribution >= 4 is 10.0 Å². The average Bonchev–Trinajstić information content (AvgIpc) is 2.52. The van der Waals surface area contributed by atoms with E-state index in [0.717, 1.165) is 16.9 Å². The van der Waals surface area contributed by atoms with Crippen molar-refractivity contribution < 1.29 is 17.9 Å². The number of hydrogen-bond acceptors (Lipinski definition) is 4. The molecule has 0 aliphatic heterocycles. The Kier molecular flexibility index (Phi) is 6.63. The summed E-state index contributed by atoms with van der Waals surface area (Å²) in [5.41, 5.74) is 2.23. The smallest absolute Gasteiger partial charge is 0.215 e. The van der Waals surface area contributed by atoms with Crippen LogP contribution in [-0.2, 0) is 10.0 Å². The Labute approximate surface area is 143 Å². The van der Waals surface area contributed by atoms with Gasteiger partial charge in [0.05, 0.1) is 5.75 Å². The number of rotatable bonds is 9. The lowest BCUT2D eigenvalue weighted by Crippen LogP contribution is -2.32. The van der Waals surface area contributed by atoms with Crippen LogP contribution in [0.2, 0.25) is 0 Å². The molecular formula is C18H23NO4S. The molecule has 0 atom stereocenters. The molecule has 130 valence electrons. The van der Waals surface area contributed by atoms with Gasteiger partial charge in [-0.2, -0.15) is 0 Å². The largest absolute Gasteiger partial charge is 0.492 e. The van der Waals surface area contributed by atoms with Gasteiger partial charge in [-0.15, -0.1) is 0 Å². The van der Waals surface area contributed by atoms with Crippen molar-refractivity contribution in [3.05, 3.63) is 59.7 Å². The van der Waals surface area contributed by atoms with E-state index in [1.165, 1.54) is 0 Å². The lowest BCUT2D eigenvalue weighted by atomic mass is 10.1. The summed E-state index contributed by atoms with van der Waals surface area (Å²) in [7, 11) is -3.38. The Morgan fingerprint density at radius 3 is 2.17 bits per heavy atom. The highest BCUT2D eigenvalue weighted by atomic mass is 32.2. The Morgan fingerprint density at radius 1 is 0.875 bits per heavy atom. The van der Waals surface area contributed by atoms with Crippen LogP contribution in [0.25, 0.3) is 0 Å². The number of sulfonamides is 1. The summed E-state index contributed by atoms with van der Waals surface area (Å²) in [6.45, 7) is 4.60. The van der Waals surface area contributed by atoms with E-state index in [1.807, 2.05) is 44.2 Å². The van der Waals surface area contributed by atoms with Gasteiger partial charge in [-0.25, -0.2) is 13.1 Å². The minimum absolute atomic E-state index is 0.0918. The van der Waals surface area contributed by atoms with Crippen LogP contribution < -0.4 is 14.2 Å². The second-order valence-electron chi connectivity index (χ2n) is 5.55. The number of benzene rings is 2.